The maximum absolute atomic E-state index is 12.2. The predicted molar refractivity (Wildman–Crippen MR) is 98.3 cm³/mol. The minimum atomic E-state index is -0.309. The molecule has 2 rings (SSSR count). The first-order chi connectivity index (χ1) is 11.4. The van der Waals surface area contributed by atoms with E-state index in [-0.39, 0.29) is 18.2 Å². The summed E-state index contributed by atoms with van der Waals surface area (Å²) >= 11 is 0. The second-order valence-electron chi connectivity index (χ2n) is 6.06. The van der Waals surface area contributed by atoms with Crippen LogP contribution in [0.3, 0.4) is 0 Å². The molecule has 2 aromatic rings. The van der Waals surface area contributed by atoms with Crippen LogP contribution < -0.4 is 10.6 Å². The summed E-state index contributed by atoms with van der Waals surface area (Å²) in [7, 11) is 0. The number of amides is 2. The van der Waals surface area contributed by atoms with Crippen LogP contribution in [0.5, 0.6) is 0 Å². The van der Waals surface area contributed by atoms with Crippen molar-refractivity contribution in [1.29, 1.82) is 0 Å². The van der Waals surface area contributed by atoms with Crippen molar-refractivity contribution in [3.8, 4) is 0 Å². The van der Waals surface area contributed by atoms with Gasteiger partial charge < -0.3 is 10.6 Å². The van der Waals surface area contributed by atoms with Gasteiger partial charge in [-0.15, -0.1) is 0 Å². The van der Waals surface area contributed by atoms with Crippen molar-refractivity contribution in [2.45, 2.75) is 40.5 Å². The second-order valence-corrected chi connectivity index (χ2v) is 6.06. The summed E-state index contributed by atoms with van der Waals surface area (Å²) in [6.45, 7) is 7.95. The van der Waals surface area contributed by atoms with Crippen molar-refractivity contribution in [3.63, 3.8) is 0 Å². The van der Waals surface area contributed by atoms with Crippen LogP contribution in [0, 0.1) is 20.8 Å². The highest BCUT2D eigenvalue weighted by molar-refractivity contribution is 6.08. The highest BCUT2D eigenvalue weighted by Crippen LogP contribution is 2.22. The van der Waals surface area contributed by atoms with Gasteiger partial charge in [0.25, 0.3) is 0 Å². The number of hydrogen-bond acceptors (Lipinski definition) is 2. The Morgan fingerprint density at radius 1 is 0.917 bits per heavy atom. The standard InChI is InChI=1S/C20H24N2O2/c1-5-16-8-6-7-9-17(16)21-18(23)12-19(24)22-20-14(3)10-13(2)11-15(20)4/h6-11H,5,12H2,1-4H3,(H,21,23)(H,22,24). The summed E-state index contributed by atoms with van der Waals surface area (Å²) in [6, 6.07) is 11.6. The molecule has 4 nitrogen and oxygen atoms in total. The molecule has 0 aromatic heterocycles. The van der Waals surface area contributed by atoms with Gasteiger partial charge in [-0.2, -0.15) is 0 Å². The molecule has 0 fully saturated rings. The molecule has 126 valence electrons. The summed E-state index contributed by atoms with van der Waals surface area (Å²) in [5, 5.41) is 5.67. The van der Waals surface area contributed by atoms with Gasteiger partial charge in [0.15, 0.2) is 0 Å². The van der Waals surface area contributed by atoms with Gasteiger partial charge in [-0.05, 0) is 49.9 Å². The van der Waals surface area contributed by atoms with Gasteiger partial charge >= 0.3 is 0 Å². The lowest BCUT2D eigenvalue weighted by Gasteiger charge is -2.13. The maximum Gasteiger partial charge on any atom is 0.233 e. The summed E-state index contributed by atoms with van der Waals surface area (Å²) in [4.78, 5) is 24.3. The zero-order valence-electron chi connectivity index (χ0n) is 14.7. The fourth-order valence-electron chi connectivity index (χ4n) is 2.85. The smallest absolute Gasteiger partial charge is 0.233 e. The topological polar surface area (TPSA) is 58.2 Å². The Labute approximate surface area is 143 Å². The lowest BCUT2D eigenvalue weighted by molar-refractivity contribution is -0.123. The molecular formula is C20H24N2O2. The third-order valence-electron chi connectivity index (χ3n) is 3.93. The van der Waals surface area contributed by atoms with Gasteiger partial charge in [-0.3, -0.25) is 9.59 Å². The highest BCUT2D eigenvalue weighted by Gasteiger charge is 2.13. The zero-order chi connectivity index (χ0) is 17.7. The Hall–Kier alpha value is -2.62. The van der Waals surface area contributed by atoms with Crippen molar-refractivity contribution >= 4 is 23.2 Å². The van der Waals surface area contributed by atoms with Gasteiger partial charge in [0.05, 0.1) is 0 Å². The number of hydrogen-bond donors (Lipinski definition) is 2. The molecule has 0 saturated heterocycles. The molecule has 0 atom stereocenters. The van der Waals surface area contributed by atoms with Gasteiger partial charge in [-0.1, -0.05) is 42.8 Å². The average molecular weight is 324 g/mol. The quantitative estimate of drug-likeness (QED) is 0.812. The fourth-order valence-corrected chi connectivity index (χ4v) is 2.85. The molecule has 0 bridgehead atoms. The first-order valence-corrected chi connectivity index (χ1v) is 8.16. The highest BCUT2D eigenvalue weighted by atomic mass is 16.2. The second kappa shape index (κ2) is 7.77. The predicted octanol–water partition coefficient (Wildman–Crippen LogP) is 4.14. The minimum absolute atomic E-state index is 0.204. The SMILES string of the molecule is CCc1ccccc1NC(=O)CC(=O)Nc1c(C)cc(C)cc1C. The largest absolute Gasteiger partial charge is 0.325 e. The number of aryl methyl sites for hydroxylation is 4. The van der Waals surface area contributed by atoms with Crippen LogP contribution in [-0.4, -0.2) is 11.8 Å². The Bertz CT molecular complexity index is 743. The molecule has 0 unspecified atom stereocenters. The van der Waals surface area contributed by atoms with Crippen molar-refractivity contribution in [2.75, 3.05) is 10.6 Å². The molecule has 0 spiro atoms. The average Bonchev–Trinajstić information content (AvgIpc) is 2.51. The molecule has 0 saturated carbocycles. The van der Waals surface area contributed by atoms with Gasteiger partial charge in [0.2, 0.25) is 11.8 Å². The molecule has 2 aromatic carbocycles. The summed E-state index contributed by atoms with van der Waals surface area (Å²) < 4.78 is 0. The van der Waals surface area contributed by atoms with Crippen LogP contribution in [0.25, 0.3) is 0 Å². The Balaban J connectivity index is 2.01. The fraction of sp³-hybridized carbons (Fsp3) is 0.300. The molecule has 0 aliphatic rings. The molecule has 2 amide bonds. The minimum Gasteiger partial charge on any atom is -0.325 e. The number of benzene rings is 2. The number of anilines is 2. The van der Waals surface area contributed by atoms with Crippen LogP contribution in [0.2, 0.25) is 0 Å². The van der Waals surface area contributed by atoms with E-state index in [1.165, 1.54) is 0 Å². The van der Waals surface area contributed by atoms with Crippen molar-refractivity contribution < 1.29 is 9.59 Å². The molecule has 24 heavy (non-hydrogen) atoms. The van der Waals surface area contributed by atoms with E-state index >= 15 is 0 Å². The summed E-state index contributed by atoms with van der Waals surface area (Å²) in [5.41, 5.74) is 5.75. The van der Waals surface area contributed by atoms with Crippen molar-refractivity contribution in [2.24, 2.45) is 0 Å². The van der Waals surface area contributed by atoms with E-state index in [2.05, 4.69) is 10.6 Å². The van der Waals surface area contributed by atoms with Gasteiger partial charge in [0, 0.05) is 11.4 Å². The number of carbonyl (C=O) groups is 2. The van der Waals surface area contributed by atoms with Crippen LogP contribution in [-0.2, 0) is 16.0 Å². The number of rotatable bonds is 5. The molecule has 4 heteroatoms. The van der Waals surface area contributed by atoms with Gasteiger partial charge in [-0.25, -0.2) is 0 Å². The number of para-hydroxylation sites is 1. The lowest BCUT2D eigenvalue weighted by atomic mass is 10.0. The van der Waals surface area contributed by atoms with Crippen LogP contribution >= 0.6 is 0 Å². The normalized spacial score (nSPS) is 10.3. The lowest BCUT2D eigenvalue weighted by Crippen LogP contribution is -2.22. The Kier molecular flexibility index (Phi) is 5.74. The number of nitrogens with one attached hydrogen (secondary N) is 2. The van der Waals surface area contributed by atoms with E-state index < -0.39 is 0 Å². The third-order valence-corrected chi connectivity index (χ3v) is 3.93. The molecule has 0 radical (unpaired) electrons. The molecule has 0 aliphatic carbocycles. The third kappa shape index (κ3) is 4.44. The number of carbonyl (C=O) groups excluding carboxylic acids is 2. The van der Waals surface area contributed by atoms with E-state index in [9.17, 15) is 9.59 Å². The first-order valence-electron chi connectivity index (χ1n) is 8.16. The molecule has 2 N–H and O–H groups in total. The van der Waals surface area contributed by atoms with E-state index in [4.69, 9.17) is 0 Å². The first kappa shape index (κ1) is 17.7. The Morgan fingerprint density at radius 2 is 1.50 bits per heavy atom. The van der Waals surface area contributed by atoms with Crippen LogP contribution in [0.1, 0.15) is 35.6 Å². The van der Waals surface area contributed by atoms with Crippen molar-refractivity contribution in [3.05, 3.63) is 58.7 Å². The maximum atomic E-state index is 12.2. The molecule has 0 aliphatic heterocycles. The van der Waals surface area contributed by atoms with E-state index in [1.807, 2.05) is 64.1 Å². The molecule has 0 heterocycles. The summed E-state index contributed by atoms with van der Waals surface area (Å²) in [6.07, 6.45) is 0.620. The molecular weight excluding hydrogens is 300 g/mol. The van der Waals surface area contributed by atoms with Crippen molar-refractivity contribution in [1.82, 2.24) is 0 Å². The monoisotopic (exact) mass is 324 g/mol. The Morgan fingerprint density at radius 3 is 2.12 bits per heavy atom. The van der Waals surface area contributed by atoms with E-state index in [0.29, 0.717) is 0 Å². The van der Waals surface area contributed by atoms with E-state index in [0.717, 1.165) is 40.0 Å². The zero-order valence-corrected chi connectivity index (χ0v) is 14.7. The van der Waals surface area contributed by atoms with Crippen LogP contribution in [0.4, 0.5) is 11.4 Å². The van der Waals surface area contributed by atoms with Gasteiger partial charge in [0.1, 0.15) is 6.42 Å². The van der Waals surface area contributed by atoms with E-state index in [1.54, 1.807) is 0 Å². The summed E-state index contributed by atoms with van der Waals surface area (Å²) in [5.74, 6) is -0.618. The van der Waals surface area contributed by atoms with Crippen LogP contribution in [0.15, 0.2) is 36.4 Å².